The third-order valence-electron chi connectivity index (χ3n) is 3.92. The molecule has 1 saturated heterocycles. The van der Waals surface area contributed by atoms with Crippen LogP contribution >= 0.6 is 0 Å². The Labute approximate surface area is 132 Å². The number of aromatic nitrogens is 3. The summed E-state index contributed by atoms with van der Waals surface area (Å²) in [6.45, 7) is 1.53. The molecule has 0 spiro atoms. The molecule has 0 radical (unpaired) electrons. The van der Waals surface area contributed by atoms with Crippen LogP contribution in [0.3, 0.4) is 0 Å². The predicted octanol–water partition coefficient (Wildman–Crippen LogP) is -0.344. The summed E-state index contributed by atoms with van der Waals surface area (Å²) in [5.41, 5.74) is 0.0561. The van der Waals surface area contributed by atoms with Crippen LogP contribution in [0.4, 0.5) is 0 Å². The molecule has 0 aliphatic carbocycles. The largest absolute Gasteiger partial charge is 0.350 e. The Kier molecular flexibility index (Phi) is 3.88. The molecule has 1 aliphatic heterocycles. The molecular formula is C14H16N4O4S. The number of rotatable bonds is 3. The highest BCUT2D eigenvalue weighted by molar-refractivity contribution is 7.91. The van der Waals surface area contributed by atoms with E-state index in [9.17, 15) is 18.0 Å². The molecule has 0 saturated carbocycles. The molecule has 0 bridgehead atoms. The molecule has 1 aliphatic rings. The lowest BCUT2D eigenvalue weighted by atomic mass is 10.2. The van der Waals surface area contributed by atoms with Crippen molar-refractivity contribution in [3.8, 4) is 0 Å². The number of carbonyl (C=O) groups is 1. The third-order valence-corrected chi connectivity index (χ3v) is 5.68. The van der Waals surface area contributed by atoms with Crippen LogP contribution in [0.15, 0.2) is 29.1 Å². The van der Waals surface area contributed by atoms with Crippen LogP contribution in [0.1, 0.15) is 19.4 Å². The minimum Gasteiger partial charge on any atom is -0.350 e. The average molecular weight is 336 g/mol. The average Bonchev–Trinajstić information content (AvgIpc) is 2.86. The van der Waals surface area contributed by atoms with E-state index < -0.39 is 33.4 Å². The summed E-state index contributed by atoms with van der Waals surface area (Å²) < 4.78 is 23.9. The molecule has 1 fully saturated rings. The fourth-order valence-corrected chi connectivity index (χ4v) is 4.27. The quantitative estimate of drug-likeness (QED) is 0.820. The Morgan fingerprint density at radius 1 is 1.39 bits per heavy atom. The first kappa shape index (κ1) is 15.6. The Morgan fingerprint density at radius 3 is 2.83 bits per heavy atom. The lowest BCUT2D eigenvalue weighted by Gasteiger charge is -2.16. The SMILES string of the molecule is CC(C(=O)NC1CCS(=O)(=O)C1)n1nnc2ccccc2c1=O. The van der Waals surface area contributed by atoms with Gasteiger partial charge < -0.3 is 5.32 Å². The molecule has 9 heteroatoms. The van der Waals surface area contributed by atoms with Gasteiger partial charge in [0.2, 0.25) is 5.91 Å². The molecule has 23 heavy (non-hydrogen) atoms. The number of fused-ring (bicyclic) bond motifs is 1. The Hall–Kier alpha value is -2.29. The van der Waals surface area contributed by atoms with Crippen molar-refractivity contribution in [1.82, 2.24) is 20.3 Å². The summed E-state index contributed by atoms with van der Waals surface area (Å²) in [7, 11) is -3.08. The monoisotopic (exact) mass is 336 g/mol. The Bertz CT molecular complexity index is 922. The van der Waals surface area contributed by atoms with E-state index in [2.05, 4.69) is 15.6 Å². The van der Waals surface area contributed by atoms with Crippen LogP contribution < -0.4 is 10.9 Å². The first-order chi connectivity index (χ1) is 10.9. The molecule has 1 aromatic heterocycles. The number of nitrogens with zero attached hydrogens (tertiary/aromatic N) is 3. The number of benzene rings is 1. The van der Waals surface area contributed by atoms with Gasteiger partial charge in [-0.05, 0) is 25.5 Å². The maximum atomic E-state index is 12.4. The summed E-state index contributed by atoms with van der Waals surface area (Å²) in [5.74, 6) is -0.440. The minimum absolute atomic E-state index is 0.0657. The minimum atomic E-state index is -3.08. The van der Waals surface area contributed by atoms with E-state index in [-0.39, 0.29) is 11.5 Å². The summed E-state index contributed by atoms with van der Waals surface area (Å²) in [4.78, 5) is 24.7. The molecule has 8 nitrogen and oxygen atoms in total. The molecule has 122 valence electrons. The Balaban J connectivity index is 1.83. The number of carbonyl (C=O) groups excluding carboxylic acids is 1. The number of nitrogens with one attached hydrogen (secondary N) is 1. The normalized spacial score (nSPS) is 21.2. The van der Waals surface area contributed by atoms with Gasteiger partial charge in [0.1, 0.15) is 11.6 Å². The van der Waals surface area contributed by atoms with Gasteiger partial charge in [-0.3, -0.25) is 9.59 Å². The summed E-state index contributed by atoms with van der Waals surface area (Å²) >= 11 is 0. The van der Waals surface area contributed by atoms with Gasteiger partial charge in [-0.1, -0.05) is 17.3 Å². The zero-order valence-corrected chi connectivity index (χ0v) is 13.3. The van der Waals surface area contributed by atoms with Crippen LogP contribution in [-0.2, 0) is 14.6 Å². The van der Waals surface area contributed by atoms with Crippen molar-refractivity contribution < 1.29 is 13.2 Å². The molecule has 1 N–H and O–H groups in total. The van der Waals surface area contributed by atoms with E-state index in [1.807, 2.05) is 0 Å². The number of sulfone groups is 1. The van der Waals surface area contributed by atoms with E-state index in [4.69, 9.17) is 0 Å². The first-order valence-corrected chi connectivity index (χ1v) is 9.04. The standard InChI is InChI=1S/C14H16N4O4S/c1-9(13(19)15-10-6-7-23(21,22)8-10)18-14(20)11-4-2-3-5-12(11)16-17-18/h2-5,9-10H,6-8H2,1H3,(H,15,19). The maximum absolute atomic E-state index is 12.4. The van der Waals surface area contributed by atoms with Crippen LogP contribution in [0, 0.1) is 0 Å². The second kappa shape index (κ2) is 5.73. The van der Waals surface area contributed by atoms with Crippen molar-refractivity contribution in [3.05, 3.63) is 34.6 Å². The maximum Gasteiger partial charge on any atom is 0.278 e. The zero-order chi connectivity index (χ0) is 16.6. The zero-order valence-electron chi connectivity index (χ0n) is 12.5. The highest BCUT2D eigenvalue weighted by Gasteiger charge is 2.30. The van der Waals surface area contributed by atoms with Gasteiger partial charge in [0.05, 0.1) is 16.9 Å². The van der Waals surface area contributed by atoms with Crippen molar-refractivity contribution >= 4 is 26.6 Å². The van der Waals surface area contributed by atoms with E-state index in [0.717, 1.165) is 4.68 Å². The van der Waals surface area contributed by atoms with Gasteiger partial charge in [-0.25, -0.2) is 8.42 Å². The fourth-order valence-electron chi connectivity index (χ4n) is 2.60. The van der Waals surface area contributed by atoms with Crippen molar-refractivity contribution in [1.29, 1.82) is 0 Å². The summed E-state index contributed by atoms with van der Waals surface area (Å²) in [6.07, 6.45) is 0.388. The number of amides is 1. The molecule has 1 amide bonds. The highest BCUT2D eigenvalue weighted by atomic mass is 32.2. The van der Waals surface area contributed by atoms with Gasteiger partial charge in [-0.15, -0.1) is 5.10 Å². The second-order valence-electron chi connectivity index (χ2n) is 5.64. The van der Waals surface area contributed by atoms with Crippen molar-refractivity contribution in [2.75, 3.05) is 11.5 Å². The number of hydrogen-bond acceptors (Lipinski definition) is 6. The van der Waals surface area contributed by atoms with Crippen molar-refractivity contribution in [2.45, 2.75) is 25.4 Å². The Morgan fingerprint density at radius 2 is 2.13 bits per heavy atom. The van der Waals surface area contributed by atoms with Gasteiger partial charge >= 0.3 is 0 Å². The van der Waals surface area contributed by atoms with Crippen LogP contribution in [0.5, 0.6) is 0 Å². The van der Waals surface area contributed by atoms with Crippen molar-refractivity contribution in [3.63, 3.8) is 0 Å². The molecule has 1 aromatic carbocycles. The predicted molar refractivity (Wildman–Crippen MR) is 83.7 cm³/mol. The van der Waals surface area contributed by atoms with Gasteiger partial charge in [0.15, 0.2) is 9.84 Å². The lowest BCUT2D eigenvalue weighted by molar-refractivity contribution is -0.124. The molecule has 2 aromatic rings. The highest BCUT2D eigenvalue weighted by Crippen LogP contribution is 2.13. The van der Waals surface area contributed by atoms with Gasteiger partial charge in [-0.2, -0.15) is 4.68 Å². The van der Waals surface area contributed by atoms with E-state index in [1.54, 1.807) is 24.3 Å². The van der Waals surface area contributed by atoms with E-state index >= 15 is 0 Å². The van der Waals surface area contributed by atoms with Crippen LogP contribution in [-0.4, -0.2) is 46.9 Å². The molecular weight excluding hydrogens is 320 g/mol. The summed E-state index contributed by atoms with van der Waals surface area (Å²) in [5, 5.41) is 10.8. The van der Waals surface area contributed by atoms with Gasteiger partial charge in [0, 0.05) is 6.04 Å². The van der Waals surface area contributed by atoms with Crippen LogP contribution in [0.2, 0.25) is 0 Å². The summed E-state index contributed by atoms with van der Waals surface area (Å²) in [6, 6.07) is 5.46. The third kappa shape index (κ3) is 3.09. The lowest BCUT2D eigenvalue weighted by Crippen LogP contribution is -2.42. The second-order valence-corrected chi connectivity index (χ2v) is 7.87. The first-order valence-electron chi connectivity index (χ1n) is 7.22. The van der Waals surface area contributed by atoms with Gasteiger partial charge in [0.25, 0.3) is 5.56 Å². The molecule has 3 rings (SSSR count). The van der Waals surface area contributed by atoms with E-state index in [1.165, 1.54) is 6.92 Å². The molecule has 2 unspecified atom stereocenters. The molecule has 2 heterocycles. The molecule has 2 atom stereocenters. The topological polar surface area (TPSA) is 111 Å². The van der Waals surface area contributed by atoms with E-state index in [0.29, 0.717) is 17.3 Å². The fraction of sp³-hybridized carbons (Fsp3) is 0.429. The van der Waals surface area contributed by atoms with Crippen molar-refractivity contribution in [2.24, 2.45) is 0 Å². The number of hydrogen-bond donors (Lipinski definition) is 1. The smallest absolute Gasteiger partial charge is 0.278 e. The van der Waals surface area contributed by atoms with Crippen LogP contribution in [0.25, 0.3) is 10.9 Å².